The normalized spacial score (nSPS) is 18.2. The summed E-state index contributed by atoms with van der Waals surface area (Å²) < 4.78 is 0. The van der Waals surface area contributed by atoms with Crippen molar-refractivity contribution in [2.24, 2.45) is 0 Å². The summed E-state index contributed by atoms with van der Waals surface area (Å²) >= 11 is 1.57. The van der Waals surface area contributed by atoms with E-state index in [9.17, 15) is 9.59 Å². The molecule has 1 aromatic rings. The number of anilines is 1. The molecular weight excluding hydrogens is 322 g/mol. The highest BCUT2D eigenvalue weighted by atomic mass is 32.2. The second-order valence-electron chi connectivity index (χ2n) is 6.14. The summed E-state index contributed by atoms with van der Waals surface area (Å²) in [7, 11) is 0. The van der Waals surface area contributed by atoms with Gasteiger partial charge in [-0.05, 0) is 50.6 Å². The highest BCUT2D eigenvalue weighted by molar-refractivity contribution is 8.00. The van der Waals surface area contributed by atoms with E-state index in [1.165, 1.54) is 6.92 Å². The van der Waals surface area contributed by atoms with Gasteiger partial charge < -0.3 is 15.5 Å². The van der Waals surface area contributed by atoms with Crippen molar-refractivity contribution in [2.45, 2.75) is 49.8 Å². The zero-order chi connectivity index (χ0) is 17.5. The molecule has 0 aliphatic carbocycles. The number of carbonyl (C=O) groups is 2. The summed E-state index contributed by atoms with van der Waals surface area (Å²) in [4.78, 5) is 27.0. The van der Waals surface area contributed by atoms with Gasteiger partial charge in [-0.3, -0.25) is 9.59 Å². The molecule has 24 heavy (non-hydrogen) atoms. The van der Waals surface area contributed by atoms with E-state index in [-0.39, 0.29) is 17.1 Å². The van der Waals surface area contributed by atoms with Gasteiger partial charge in [0.1, 0.15) is 0 Å². The molecule has 0 radical (unpaired) electrons. The molecule has 1 aliphatic heterocycles. The van der Waals surface area contributed by atoms with Crippen molar-refractivity contribution in [2.75, 3.05) is 25.0 Å². The molecule has 0 spiro atoms. The average molecular weight is 350 g/mol. The Morgan fingerprint density at radius 1 is 1.38 bits per heavy atom. The molecule has 0 aromatic heterocycles. The predicted molar refractivity (Wildman–Crippen MR) is 99.3 cm³/mol. The van der Waals surface area contributed by atoms with Gasteiger partial charge in [-0.25, -0.2) is 0 Å². The van der Waals surface area contributed by atoms with Gasteiger partial charge in [0.2, 0.25) is 11.8 Å². The summed E-state index contributed by atoms with van der Waals surface area (Å²) in [6.07, 6.45) is 2.01. The van der Waals surface area contributed by atoms with Crippen molar-refractivity contribution in [3.63, 3.8) is 0 Å². The van der Waals surface area contributed by atoms with Crippen LogP contribution in [0.1, 0.15) is 33.6 Å². The van der Waals surface area contributed by atoms with E-state index in [4.69, 9.17) is 0 Å². The van der Waals surface area contributed by atoms with Crippen molar-refractivity contribution in [3.8, 4) is 0 Å². The number of thioether (sulfide) groups is 1. The Kier molecular flexibility index (Phi) is 7.12. The number of nitrogens with zero attached hydrogens (tertiary/aromatic N) is 1. The summed E-state index contributed by atoms with van der Waals surface area (Å²) in [5.41, 5.74) is 0.774. The lowest BCUT2D eigenvalue weighted by Gasteiger charge is -2.30. The largest absolute Gasteiger partial charge is 0.337 e. The molecule has 2 amide bonds. The molecule has 2 rings (SSSR count). The van der Waals surface area contributed by atoms with Crippen molar-refractivity contribution in [3.05, 3.63) is 24.3 Å². The van der Waals surface area contributed by atoms with E-state index < -0.39 is 0 Å². The van der Waals surface area contributed by atoms with E-state index >= 15 is 0 Å². The standard InChI is InChI=1S/C18H27N3O2S/c1-4-11-21(16-9-10-19-12-16)18(23)13(2)24-17-7-5-15(6-8-17)20-14(3)22/h5-8,13,16,19H,4,9-12H2,1-3H3,(H,20,22). The van der Waals surface area contributed by atoms with Crippen LogP contribution < -0.4 is 10.6 Å². The van der Waals surface area contributed by atoms with Crippen LogP contribution in [0.25, 0.3) is 0 Å². The average Bonchev–Trinajstić information content (AvgIpc) is 3.07. The second kappa shape index (κ2) is 9.08. The third-order valence-electron chi connectivity index (χ3n) is 4.06. The molecule has 1 aliphatic rings. The maximum absolute atomic E-state index is 12.9. The topological polar surface area (TPSA) is 61.4 Å². The number of rotatable bonds is 7. The fourth-order valence-electron chi connectivity index (χ4n) is 2.93. The van der Waals surface area contributed by atoms with Crippen molar-refractivity contribution < 1.29 is 9.59 Å². The Balaban J connectivity index is 1.97. The highest BCUT2D eigenvalue weighted by Crippen LogP contribution is 2.27. The van der Waals surface area contributed by atoms with Gasteiger partial charge in [0.05, 0.1) is 5.25 Å². The Morgan fingerprint density at radius 2 is 2.08 bits per heavy atom. The minimum absolute atomic E-state index is 0.0840. The highest BCUT2D eigenvalue weighted by Gasteiger charge is 2.29. The summed E-state index contributed by atoms with van der Waals surface area (Å²) in [6, 6.07) is 7.95. The third-order valence-corrected chi connectivity index (χ3v) is 5.16. The summed E-state index contributed by atoms with van der Waals surface area (Å²) in [6.45, 7) is 8.28. The Bertz CT molecular complexity index is 556. The zero-order valence-corrected chi connectivity index (χ0v) is 15.5. The van der Waals surface area contributed by atoms with Crippen molar-refractivity contribution in [1.82, 2.24) is 10.2 Å². The molecule has 1 heterocycles. The van der Waals surface area contributed by atoms with E-state index in [2.05, 4.69) is 17.6 Å². The Labute approximate surface area is 148 Å². The molecule has 2 atom stereocenters. The lowest BCUT2D eigenvalue weighted by Crippen LogP contribution is -2.45. The maximum atomic E-state index is 12.9. The Morgan fingerprint density at radius 3 is 2.62 bits per heavy atom. The minimum Gasteiger partial charge on any atom is -0.337 e. The van der Waals surface area contributed by atoms with Crippen LogP contribution in [0.2, 0.25) is 0 Å². The van der Waals surface area contributed by atoms with Gasteiger partial charge >= 0.3 is 0 Å². The second-order valence-corrected chi connectivity index (χ2v) is 7.56. The number of amides is 2. The lowest BCUT2D eigenvalue weighted by atomic mass is 10.2. The van der Waals surface area contributed by atoms with Crippen molar-refractivity contribution in [1.29, 1.82) is 0 Å². The van der Waals surface area contributed by atoms with Gasteiger partial charge in [0.15, 0.2) is 0 Å². The molecular formula is C18H27N3O2S. The fraction of sp³-hybridized carbons (Fsp3) is 0.556. The first-order chi connectivity index (χ1) is 11.5. The molecule has 2 N–H and O–H groups in total. The van der Waals surface area contributed by atoms with Crippen LogP contribution in [0.4, 0.5) is 5.69 Å². The van der Waals surface area contributed by atoms with Crippen LogP contribution in [0.3, 0.4) is 0 Å². The Hall–Kier alpha value is -1.53. The van der Waals surface area contributed by atoms with Crippen LogP contribution in [-0.2, 0) is 9.59 Å². The predicted octanol–water partition coefficient (Wildman–Crippen LogP) is 2.73. The molecule has 5 nitrogen and oxygen atoms in total. The van der Waals surface area contributed by atoms with Crippen LogP contribution in [0.15, 0.2) is 29.2 Å². The van der Waals surface area contributed by atoms with Crippen molar-refractivity contribution >= 4 is 29.3 Å². The zero-order valence-electron chi connectivity index (χ0n) is 14.7. The van der Waals surface area contributed by atoms with Crippen LogP contribution in [0.5, 0.6) is 0 Å². The SMILES string of the molecule is CCCN(C(=O)C(C)Sc1ccc(NC(C)=O)cc1)C1CCNC1. The van der Waals surface area contributed by atoms with Gasteiger partial charge in [0, 0.05) is 36.6 Å². The van der Waals surface area contributed by atoms with E-state index in [0.29, 0.717) is 6.04 Å². The first kappa shape index (κ1) is 18.8. The molecule has 1 aromatic carbocycles. The third kappa shape index (κ3) is 5.24. The first-order valence-corrected chi connectivity index (χ1v) is 9.44. The number of hydrogen-bond donors (Lipinski definition) is 2. The molecule has 0 saturated carbocycles. The maximum Gasteiger partial charge on any atom is 0.236 e. The smallest absolute Gasteiger partial charge is 0.236 e. The van der Waals surface area contributed by atoms with E-state index in [0.717, 1.165) is 43.1 Å². The lowest BCUT2D eigenvalue weighted by molar-refractivity contribution is -0.132. The van der Waals surface area contributed by atoms with E-state index in [1.54, 1.807) is 11.8 Å². The van der Waals surface area contributed by atoms with Gasteiger partial charge in [-0.1, -0.05) is 6.92 Å². The van der Waals surface area contributed by atoms with Crippen LogP contribution in [-0.4, -0.2) is 47.6 Å². The molecule has 1 fully saturated rings. The monoisotopic (exact) mass is 349 g/mol. The molecule has 6 heteroatoms. The summed E-state index contributed by atoms with van der Waals surface area (Å²) in [5, 5.41) is 5.97. The molecule has 0 bridgehead atoms. The quantitative estimate of drug-likeness (QED) is 0.743. The molecule has 132 valence electrons. The van der Waals surface area contributed by atoms with E-state index in [1.807, 2.05) is 36.1 Å². The number of carbonyl (C=O) groups excluding carboxylic acids is 2. The minimum atomic E-state index is -0.122. The van der Waals surface area contributed by atoms with Gasteiger partial charge in [-0.15, -0.1) is 11.8 Å². The van der Waals surface area contributed by atoms with Crippen LogP contribution in [0, 0.1) is 0 Å². The number of benzene rings is 1. The fourth-order valence-corrected chi connectivity index (χ4v) is 3.86. The molecule has 2 unspecified atom stereocenters. The first-order valence-electron chi connectivity index (χ1n) is 8.56. The van der Waals surface area contributed by atoms with Crippen LogP contribution >= 0.6 is 11.8 Å². The summed E-state index contributed by atoms with van der Waals surface area (Å²) in [5.74, 6) is 0.126. The van der Waals surface area contributed by atoms with Gasteiger partial charge in [-0.2, -0.15) is 0 Å². The number of hydrogen-bond acceptors (Lipinski definition) is 4. The molecule has 1 saturated heterocycles. The number of nitrogens with one attached hydrogen (secondary N) is 2. The van der Waals surface area contributed by atoms with Gasteiger partial charge in [0.25, 0.3) is 0 Å².